The summed E-state index contributed by atoms with van der Waals surface area (Å²) in [6.45, 7) is 4.57. The Hall–Kier alpha value is -1.61. The van der Waals surface area contributed by atoms with E-state index in [1.165, 1.54) is 23.6 Å². The number of hydrogen-bond acceptors (Lipinski definition) is 7. The number of hydrogen-bond donors (Lipinski definition) is 0. The molecule has 0 bridgehead atoms. The molecule has 0 amide bonds. The van der Waals surface area contributed by atoms with Crippen LogP contribution in [0.15, 0.2) is 5.16 Å². The number of nitrogens with zero attached hydrogens (tertiary/aromatic N) is 6. The zero-order valence-electron chi connectivity index (χ0n) is 11.9. The van der Waals surface area contributed by atoms with Crippen molar-refractivity contribution in [1.82, 2.24) is 30.0 Å². The van der Waals surface area contributed by atoms with Crippen LogP contribution in [0.25, 0.3) is 0 Å². The Balaban J connectivity index is 2.10. The van der Waals surface area contributed by atoms with Crippen LogP contribution in [-0.2, 0) is 28.4 Å². The van der Waals surface area contributed by atoms with Crippen molar-refractivity contribution in [3.8, 4) is 0 Å². The van der Waals surface area contributed by atoms with Gasteiger partial charge in [0.1, 0.15) is 6.54 Å². The second-order valence-electron chi connectivity index (χ2n) is 4.15. The van der Waals surface area contributed by atoms with Crippen LogP contribution < -0.4 is 0 Å². The van der Waals surface area contributed by atoms with Gasteiger partial charge in [-0.1, -0.05) is 23.4 Å². The van der Waals surface area contributed by atoms with Crippen molar-refractivity contribution in [1.29, 1.82) is 0 Å². The maximum absolute atomic E-state index is 11.3. The maximum Gasteiger partial charge on any atom is 0.327 e. The Morgan fingerprint density at radius 2 is 2.19 bits per heavy atom. The van der Waals surface area contributed by atoms with E-state index in [0.29, 0.717) is 15.9 Å². The molecule has 2 aromatic heterocycles. The lowest BCUT2D eigenvalue weighted by atomic mass is 10.4. The number of methoxy groups -OCH3 is 1. The number of carbonyl (C=O) groups is 1. The van der Waals surface area contributed by atoms with Gasteiger partial charge in [0.15, 0.2) is 0 Å². The Kier molecular flexibility index (Phi) is 5.18. The molecule has 0 saturated heterocycles. The first-order valence-electron chi connectivity index (χ1n) is 6.24. The number of thioether (sulfide) groups is 1. The van der Waals surface area contributed by atoms with Crippen LogP contribution in [0.5, 0.6) is 0 Å². The summed E-state index contributed by atoms with van der Waals surface area (Å²) < 4.78 is 7.84. The summed E-state index contributed by atoms with van der Waals surface area (Å²) >= 11 is 7.64. The van der Waals surface area contributed by atoms with Crippen LogP contribution in [0.3, 0.4) is 0 Å². The van der Waals surface area contributed by atoms with Gasteiger partial charge in [0.25, 0.3) is 0 Å². The van der Waals surface area contributed by atoms with E-state index in [-0.39, 0.29) is 6.54 Å². The Labute approximate surface area is 130 Å². The van der Waals surface area contributed by atoms with E-state index in [9.17, 15) is 4.79 Å². The topological polar surface area (TPSA) is 87.7 Å². The molecule has 10 heteroatoms. The molecule has 2 aromatic rings. The van der Waals surface area contributed by atoms with Crippen molar-refractivity contribution in [2.24, 2.45) is 0 Å². The summed E-state index contributed by atoms with van der Waals surface area (Å²) in [4.78, 5) is 11.3. The highest BCUT2D eigenvalue weighted by Gasteiger charge is 2.16. The highest BCUT2D eigenvalue weighted by Crippen LogP contribution is 2.27. The monoisotopic (exact) mass is 330 g/mol. The highest BCUT2D eigenvalue weighted by molar-refractivity contribution is 7.98. The summed E-state index contributed by atoms with van der Waals surface area (Å²) in [7, 11) is 1.32. The largest absolute Gasteiger partial charge is 0.468 e. The average molecular weight is 331 g/mol. The molecule has 2 rings (SSSR count). The zero-order valence-corrected chi connectivity index (χ0v) is 13.5. The summed E-state index contributed by atoms with van der Waals surface area (Å²) in [5.74, 6) is 0.159. The van der Waals surface area contributed by atoms with Gasteiger partial charge in [-0.15, -0.1) is 5.10 Å². The number of aryl methyl sites for hydroxylation is 2. The van der Waals surface area contributed by atoms with Crippen molar-refractivity contribution >= 4 is 29.3 Å². The first-order valence-corrected chi connectivity index (χ1v) is 7.60. The molecule has 8 nitrogen and oxygen atoms in total. The van der Waals surface area contributed by atoms with E-state index in [1.807, 2.05) is 18.5 Å². The molecule has 0 atom stereocenters. The fourth-order valence-electron chi connectivity index (χ4n) is 1.73. The number of ether oxygens (including phenoxy) is 1. The van der Waals surface area contributed by atoms with Crippen molar-refractivity contribution in [2.45, 2.75) is 37.8 Å². The second-order valence-corrected chi connectivity index (χ2v) is 5.47. The predicted octanol–water partition coefficient (Wildman–Crippen LogP) is 1.32. The first kappa shape index (κ1) is 15.8. The fourth-order valence-corrected chi connectivity index (χ4v) is 2.91. The normalized spacial score (nSPS) is 10.9. The molecule has 0 aliphatic heterocycles. The van der Waals surface area contributed by atoms with E-state index >= 15 is 0 Å². The van der Waals surface area contributed by atoms with Crippen molar-refractivity contribution in [2.75, 3.05) is 7.11 Å². The van der Waals surface area contributed by atoms with Gasteiger partial charge in [-0.05, 0) is 24.3 Å². The van der Waals surface area contributed by atoms with Gasteiger partial charge in [0.2, 0.25) is 5.16 Å². The van der Waals surface area contributed by atoms with Crippen LogP contribution in [0, 0.1) is 6.92 Å². The molecule has 0 N–H and O–H groups in total. The minimum absolute atomic E-state index is 0.0222. The fraction of sp³-hybridized carbons (Fsp3) is 0.545. The van der Waals surface area contributed by atoms with Gasteiger partial charge >= 0.3 is 5.97 Å². The van der Waals surface area contributed by atoms with Gasteiger partial charge in [-0.3, -0.25) is 9.48 Å². The minimum Gasteiger partial charge on any atom is -0.468 e. The molecular weight excluding hydrogens is 316 g/mol. The third-order valence-electron chi connectivity index (χ3n) is 2.80. The number of esters is 1. The minimum atomic E-state index is -0.406. The van der Waals surface area contributed by atoms with Crippen LogP contribution in [0.1, 0.15) is 18.3 Å². The van der Waals surface area contributed by atoms with Crippen LogP contribution >= 0.6 is 23.4 Å². The number of tetrazole rings is 1. The number of rotatable bonds is 6. The summed E-state index contributed by atoms with van der Waals surface area (Å²) in [6, 6.07) is 0. The molecule has 0 aliphatic carbocycles. The molecule has 0 saturated carbocycles. The Morgan fingerprint density at radius 3 is 2.86 bits per heavy atom. The standard InChI is InChI=1S/C11H15ClN6O2S/c1-4-17-8(10(12)7(2)14-17)6-21-11-13-15-16-18(11)5-9(19)20-3/h4-6H2,1-3H3. The second kappa shape index (κ2) is 6.90. The van der Waals surface area contributed by atoms with Crippen molar-refractivity contribution in [3.63, 3.8) is 0 Å². The lowest BCUT2D eigenvalue weighted by molar-refractivity contribution is -0.141. The van der Waals surface area contributed by atoms with Gasteiger partial charge in [-0.25, -0.2) is 4.68 Å². The van der Waals surface area contributed by atoms with Crippen molar-refractivity contribution < 1.29 is 9.53 Å². The molecule has 0 unspecified atom stereocenters. The van der Waals surface area contributed by atoms with Crippen LogP contribution in [-0.4, -0.2) is 43.1 Å². The van der Waals surface area contributed by atoms with Crippen LogP contribution in [0.4, 0.5) is 0 Å². The van der Waals surface area contributed by atoms with E-state index in [4.69, 9.17) is 11.6 Å². The number of halogens is 1. The third kappa shape index (κ3) is 3.53. The van der Waals surface area contributed by atoms with Gasteiger partial charge in [0.05, 0.1) is 23.5 Å². The average Bonchev–Trinajstić information content (AvgIpc) is 3.02. The molecule has 0 aliphatic rings. The Morgan fingerprint density at radius 1 is 1.43 bits per heavy atom. The highest BCUT2D eigenvalue weighted by atomic mass is 35.5. The lowest BCUT2D eigenvalue weighted by Gasteiger charge is -2.05. The predicted molar refractivity (Wildman–Crippen MR) is 77.0 cm³/mol. The van der Waals surface area contributed by atoms with E-state index in [0.717, 1.165) is 17.9 Å². The molecule has 0 fully saturated rings. The lowest BCUT2D eigenvalue weighted by Crippen LogP contribution is -2.14. The summed E-state index contributed by atoms with van der Waals surface area (Å²) in [5.41, 5.74) is 1.71. The zero-order chi connectivity index (χ0) is 15.4. The molecule has 21 heavy (non-hydrogen) atoms. The van der Waals surface area contributed by atoms with Gasteiger partial charge in [-0.2, -0.15) is 5.10 Å². The molecule has 0 aromatic carbocycles. The first-order chi connectivity index (χ1) is 10.1. The third-order valence-corrected chi connectivity index (χ3v) is 4.26. The maximum atomic E-state index is 11.3. The summed E-state index contributed by atoms with van der Waals surface area (Å²) in [5, 5.41) is 16.8. The van der Waals surface area contributed by atoms with Gasteiger partial charge in [0, 0.05) is 12.3 Å². The molecule has 2 heterocycles. The van der Waals surface area contributed by atoms with Crippen molar-refractivity contribution in [3.05, 3.63) is 16.4 Å². The molecule has 114 valence electrons. The Bertz CT molecular complexity index is 641. The molecular formula is C11H15ClN6O2S. The smallest absolute Gasteiger partial charge is 0.327 e. The van der Waals surface area contributed by atoms with E-state index in [2.05, 4.69) is 25.4 Å². The van der Waals surface area contributed by atoms with Crippen LogP contribution in [0.2, 0.25) is 5.02 Å². The molecule has 0 spiro atoms. The number of carbonyl (C=O) groups excluding carboxylic acids is 1. The van der Waals surface area contributed by atoms with E-state index in [1.54, 1.807) is 0 Å². The quantitative estimate of drug-likeness (QED) is 0.583. The molecule has 0 radical (unpaired) electrons. The SMILES string of the molecule is CCn1nc(C)c(Cl)c1CSc1nnnn1CC(=O)OC. The summed E-state index contributed by atoms with van der Waals surface area (Å²) in [6.07, 6.45) is 0. The van der Waals surface area contributed by atoms with E-state index < -0.39 is 5.97 Å². The van der Waals surface area contributed by atoms with Gasteiger partial charge < -0.3 is 4.74 Å². The number of aromatic nitrogens is 6.